The van der Waals surface area contributed by atoms with Crippen molar-refractivity contribution in [1.82, 2.24) is 0 Å². The highest BCUT2D eigenvalue weighted by Crippen LogP contribution is 2.10. The van der Waals surface area contributed by atoms with Crippen LogP contribution in [0.25, 0.3) is 0 Å². The molecule has 0 fully saturated rings. The Kier molecular flexibility index (Phi) is 6.48. The average Bonchev–Trinajstić information content (AvgIpc) is 2.20. The molecule has 0 aromatic heterocycles. The number of nitrogens with zero attached hydrogens (tertiary/aromatic N) is 2. The van der Waals surface area contributed by atoms with Gasteiger partial charge < -0.3 is 9.94 Å². The van der Waals surface area contributed by atoms with Gasteiger partial charge in [-0.15, -0.1) is 0 Å². The predicted molar refractivity (Wildman–Crippen MR) is 55.4 cm³/mol. The molecular weight excluding hydrogens is 200 g/mol. The second-order valence-electron chi connectivity index (χ2n) is 2.50. The molecule has 0 aliphatic carbocycles. The molecule has 0 aliphatic heterocycles. The van der Waals surface area contributed by atoms with E-state index in [0.29, 0.717) is 5.56 Å². The topological polar surface area (TPSA) is 85.0 Å². The van der Waals surface area contributed by atoms with Gasteiger partial charge in [0.05, 0.1) is 11.1 Å². The Bertz CT molecular complexity index is 321. The van der Waals surface area contributed by atoms with E-state index in [4.69, 9.17) is 5.21 Å². The van der Waals surface area contributed by atoms with Gasteiger partial charge in [0.15, 0.2) is 0 Å². The first-order valence-electron chi connectivity index (χ1n) is 3.97. The minimum absolute atomic E-state index is 0.0186. The quantitative estimate of drug-likeness (QED) is 0.349. The lowest BCUT2D eigenvalue weighted by molar-refractivity contribution is -0.384. The summed E-state index contributed by atoms with van der Waals surface area (Å²) < 4.78 is 4.25. The van der Waals surface area contributed by atoms with Crippen molar-refractivity contribution in [2.45, 2.75) is 0 Å². The Balaban J connectivity index is 0.000000583. The van der Waals surface area contributed by atoms with E-state index in [2.05, 4.69) is 9.89 Å². The van der Waals surface area contributed by atoms with Gasteiger partial charge in [0.25, 0.3) is 5.69 Å². The zero-order valence-electron chi connectivity index (χ0n) is 8.45. The highest BCUT2D eigenvalue weighted by molar-refractivity contribution is 5.79. The maximum Gasteiger partial charge on any atom is 0.269 e. The number of hydrogen-bond donors (Lipinski definition) is 1. The van der Waals surface area contributed by atoms with Crippen LogP contribution in [0.1, 0.15) is 5.56 Å². The summed E-state index contributed by atoms with van der Waals surface area (Å²) in [6.07, 6.45) is 1.20. The van der Waals surface area contributed by atoms with Crippen molar-refractivity contribution in [3.8, 4) is 0 Å². The van der Waals surface area contributed by atoms with Gasteiger partial charge in [0, 0.05) is 26.4 Å². The standard InChI is InChI=1S/C7H6N2O3.C2H6O/c10-8-5-6-1-3-7(4-2-6)9(11)12;1-3-2/h1-5,10H;1-2H3. The molecule has 0 amide bonds. The van der Waals surface area contributed by atoms with Crippen molar-refractivity contribution >= 4 is 11.9 Å². The fourth-order valence-corrected chi connectivity index (χ4v) is 0.749. The highest BCUT2D eigenvalue weighted by atomic mass is 16.6. The van der Waals surface area contributed by atoms with E-state index in [1.807, 2.05) is 0 Å². The Morgan fingerprint density at radius 3 is 2.20 bits per heavy atom. The number of ether oxygens (including phenoxy) is 1. The number of oxime groups is 1. The lowest BCUT2D eigenvalue weighted by Crippen LogP contribution is -1.88. The molecular formula is C9H12N2O4. The van der Waals surface area contributed by atoms with Crippen LogP contribution in [0.5, 0.6) is 0 Å². The van der Waals surface area contributed by atoms with Crippen molar-refractivity contribution in [3.05, 3.63) is 39.9 Å². The molecule has 1 aromatic carbocycles. The Morgan fingerprint density at radius 1 is 1.40 bits per heavy atom. The normalized spacial score (nSPS) is 9.47. The molecule has 6 nitrogen and oxygen atoms in total. The molecule has 0 heterocycles. The summed E-state index contributed by atoms with van der Waals surface area (Å²) in [4.78, 5) is 9.71. The van der Waals surface area contributed by atoms with Gasteiger partial charge in [-0.1, -0.05) is 5.16 Å². The molecule has 0 saturated heterocycles. The van der Waals surface area contributed by atoms with E-state index in [1.165, 1.54) is 30.5 Å². The molecule has 0 unspecified atom stereocenters. The fraction of sp³-hybridized carbons (Fsp3) is 0.222. The second-order valence-corrected chi connectivity index (χ2v) is 2.50. The Morgan fingerprint density at radius 2 is 1.87 bits per heavy atom. The van der Waals surface area contributed by atoms with Crippen LogP contribution in [-0.4, -0.2) is 30.6 Å². The van der Waals surface area contributed by atoms with Crippen molar-refractivity contribution < 1.29 is 14.9 Å². The summed E-state index contributed by atoms with van der Waals surface area (Å²) in [7, 11) is 3.25. The number of nitro groups is 1. The third kappa shape index (κ3) is 5.37. The van der Waals surface area contributed by atoms with Crippen LogP contribution >= 0.6 is 0 Å². The third-order valence-electron chi connectivity index (χ3n) is 1.31. The molecule has 0 radical (unpaired) electrons. The number of benzene rings is 1. The van der Waals surface area contributed by atoms with Crippen LogP contribution in [0.3, 0.4) is 0 Å². The highest BCUT2D eigenvalue weighted by Gasteiger charge is 2.01. The lowest BCUT2D eigenvalue weighted by Gasteiger charge is -1.90. The minimum atomic E-state index is -0.486. The molecule has 0 saturated carbocycles. The van der Waals surface area contributed by atoms with Crippen LogP contribution in [0.2, 0.25) is 0 Å². The van der Waals surface area contributed by atoms with Gasteiger partial charge in [-0.3, -0.25) is 10.1 Å². The monoisotopic (exact) mass is 212 g/mol. The van der Waals surface area contributed by atoms with E-state index < -0.39 is 4.92 Å². The molecule has 0 spiro atoms. The van der Waals surface area contributed by atoms with Gasteiger partial charge in [-0.2, -0.15) is 0 Å². The SMILES string of the molecule is COC.O=[N+]([O-])c1ccc(C=NO)cc1. The van der Waals surface area contributed by atoms with Crippen molar-refractivity contribution in [2.24, 2.45) is 5.16 Å². The van der Waals surface area contributed by atoms with Gasteiger partial charge in [-0.25, -0.2) is 0 Å². The van der Waals surface area contributed by atoms with Gasteiger partial charge in [0.1, 0.15) is 0 Å². The van der Waals surface area contributed by atoms with E-state index in [1.54, 1.807) is 14.2 Å². The summed E-state index contributed by atoms with van der Waals surface area (Å²) in [6, 6.07) is 5.68. The molecule has 0 bridgehead atoms. The van der Waals surface area contributed by atoms with E-state index in [9.17, 15) is 10.1 Å². The van der Waals surface area contributed by atoms with E-state index in [-0.39, 0.29) is 5.69 Å². The Labute approximate surface area is 86.9 Å². The third-order valence-corrected chi connectivity index (χ3v) is 1.31. The van der Waals surface area contributed by atoms with E-state index in [0.717, 1.165) is 0 Å². The van der Waals surface area contributed by atoms with E-state index >= 15 is 0 Å². The van der Waals surface area contributed by atoms with Crippen LogP contribution in [0, 0.1) is 10.1 Å². The van der Waals surface area contributed by atoms with Crippen molar-refractivity contribution in [2.75, 3.05) is 14.2 Å². The molecule has 82 valence electrons. The molecule has 0 aliphatic rings. The maximum absolute atomic E-state index is 10.2. The number of nitro benzene ring substituents is 1. The summed E-state index contributed by atoms with van der Waals surface area (Å²) in [5.74, 6) is 0. The fourth-order valence-electron chi connectivity index (χ4n) is 0.749. The maximum atomic E-state index is 10.2. The first-order chi connectivity index (χ1) is 7.15. The van der Waals surface area contributed by atoms with Crippen molar-refractivity contribution in [3.63, 3.8) is 0 Å². The molecule has 1 N–H and O–H groups in total. The zero-order chi connectivity index (χ0) is 11.7. The lowest BCUT2D eigenvalue weighted by atomic mass is 10.2. The number of hydrogen-bond acceptors (Lipinski definition) is 5. The van der Waals surface area contributed by atoms with Crippen LogP contribution in [-0.2, 0) is 4.74 Å². The van der Waals surface area contributed by atoms with Crippen molar-refractivity contribution in [1.29, 1.82) is 0 Å². The zero-order valence-corrected chi connectivity index (χ0v) is 8.45. The molecule has 15 heavy (non-hydrogen) atoms. The molecule has 1 rings (SSSR count). The number of methoxy groups -OCH3 is 1. The van der Waals surface area contributed by atoms with Gasteiger partial charge in [0.2, 0.25) is 0 Å². The smallest absolute Gasteiger partial charge is 0.269 e. The minimum Gasteiger partial charge on any atom is -0.411 e. The summed E-state index contributed by atoms with van der Waals surface area (Å²) in [5, 5.41) is 21.1. The Hall–Kier alpha value is -1.95. The summed E-state index contributed by atoms with van der Waals surface area (Å²) in [5.41, 5.74) is 0.633. The van der Waals surface area contributed by atoms with Gasteiger partial charge >= 0.3 is 0 Å². The molecule has 6 heteroatoms. The number of rotatable bonds is 2. The predicted octanol–water partition coefficient (Wildman–Crippen LogP) is 1.67. The number of non-ortho nitro benzene ring substituents is 1. The largest absolute Gasteiger partial charge is 0.411 e. The van der Waals surface area contributed by atoms with Crippen LogP contribution in [0.4, 0.5) is 5.69 Å². The van der Waals surface area contributed by atoms with Crippen LogP contribution in [0.15, 0.2) is 29.4 Å². The first-order valence-corrected chi connectivity index (χ1v) is 3.97. The molecule has 0 atom stereocenters. The van der Waals surface area contributed by atoms with Crippen LogP contribution < -0.4 is 0 Å². The first kappa shape index (κ1) is 13.1. The molecule has 1 aromatic rings. The summed E-state index contributed by atoms with van der Waals surface area (Å²) >= 11 is 0. The second kappa shape index (κ2) is 7.45. The summed E-state index contributed by atoms with van der Waals surface area (Å²) in [6.45, 7) is 0. The van der Waals surface area contributed by atoms with Gasteiger partial charge in [-0.05, 0) is 17.7 Å². The average molecular weight is 212 g/mol.